The maximum absolute atomic E-state index is 11.8. The molecule has 1 amide bonds. The van der Waals surface area contributed by atoms with Crippen molar-refractivity contribution in [1.29, 1.82) is 0 Å². The first-order valence-electron chi connectivity index (χ1n) is 4.94. The molecule has 0 heterocycles. The number of nitrogen functional groups attached to an aromatic ring is 1. The Kier molecular flexibility index (Phi) is 2.69. The van der Waals surface area contributed by atoms with Gasteiger partial charge in [0.15, 0.2) is 0 Å². The molecule has 1 saturated carbocycles. The number of nitrogens with one attached hydrogen (secondary N) is 1. The Morgan fingerprint density at radius 1 is 1.60 bits per heavy atom. The van der Waals surface area contributed by atoms with Crippen LogP contribution in [-0.4, -0.2) is 11.9 Å². The Labute approximate surface area is 97.2 Å². The van der Waals surface area contributed by atoms with E-state index in [2.05, 4.69) is 28.2 Å². The third-order valence-electron chi connectivity index (χ3n) is 2.70. The van der Waals surface area contributed by atoms with E-state index in [1.165, 1.54) is 0 Å². The normalized spacial score (nSPS) is 23.6. The second-order valence-electron chi connectivity index (χ2n) is 4.00. The van der Waals surface area contributed by atoms with E-state index in [1.807, 2.05) is 0 Å². The zero-order valence-corrected chi connectivity index (χ0v) is 10.0. The van der Waals surface area contributed by atoms with E-state index in [-0.39, 0.29) is 5.91 Å². The number of rotatable bonds is 2. The molecule has 0 aliphatic heterocycles. The second-order valence-corrected chi connectivity index (χ2v) is 4.79. The van der Waals surface area contributed by atoms with Crippen molar-refractivity contribution < 1.29 is 4.79 Å². The lowest BCUT2D eigenvalue weighted by Crippen LogP contribution is -2.26. The van der Waals surface area contributed by atoms with Crippen LogP contribution >= 0.6 is 15.9 Å². The molecule has 0 saturated heterocycles. The fourth-order valence-corrected chi connectivity index (χ4v) is 1.94. The Morgan fingerprint density at radius 2 is 2.27 bits per heavy atom. The van der Waals surface area contributed by atoms with E-state index in [9.17, 15) is 4.79 Å². The highest BCUT2D eigenvalue weighted by Gasteiger charge is 2.34. The predicted octanol–water partition coefficient (Wildman–Crippen LogP) is 2.17. The first-order valence-corrected chi connectivity index (χ1v) is 5.73. The molecule has 0 aromatic heterocycles. The van der Waals surface area contributed by atoms with Crippen LogP contribution in [-0.2, 0) is 0 Å². The summed E-state index contributed by atoms with van der Waals surface area (Å²) in [6.45, 7) is 2.12. The standard InChI is InChI=1S/C11H13BrN2O/c1-6-5-9(6)14-11(15)7-3-2-4-8(13)10(7)12/h2-4,6,9H,5,13H2,1H3,(H,14,15). The molecule has 1 aromatic carbocycles. The lowest BCUT2D eigenvalue weighted by Gasteiger charge is -2.07. The minimum absolute atomic E-state index is 0.0523. The van der Waals surface area contributed by atoms with Crippen LogP contribution in [0.5, 0.6) is 0 Å². The number of halogens is 1. The van der Waals surface area contributed by atoms with Crippen LogP contribution in [0.2, 0.25) is 0 Å². The average molecular weight is 269 g/mol. The lowest BCUT2D eigenvalue weighted by molar-refractivity contribution is 0.0948. The van der Waals surface area contributed by atoms with Gasteiger partial charge in [0.1, 0.15) is 0 Å². The Bertz CT molecular complexity index is 406. The van der Waals surface area contributed by atoms with Crippen molar-refractivity contribution in [1.82, 2.24) is 5.32 Å². The topological polar surface area (TPSA) is 55.1 Å². The maximum atomic E-state index is 11.8. The molecule has 1 aliphatic carbocycles. The van der Waals surface area contributed by atoms with Gasteiger partial charge >= 0.3 is 0 Å². The van der Waals surface area contributed by atoms with Crippen LogP contribution in [0.25, 0.3) is 0 Å². The van der Waals surface area contributed by atoms with Gasteiger partial charge in [0.05, 0.1) is 10.0 Å². The smallest absolute Gasteiger partial charge is 0.252 e. The molecule has 0 bridgehead atoms. The third-order valence-corrected chi connectivity index (χ3v) is 3.58. The molecular weight excluding hydrogens is 256 g/mol. The van der Waals surface area contributed by atoms with E-state index >= 15 is 0 Å². The van der Waals surface area contributed by atoms with Crippen LogP contribution in [0.3, 0.4) is 0 Å². The summed E-state index contributed by atoms with van der Waals surface area (Å²) in [6, 6.07) is 5.65. The van der Waals surface area contributed by atoms with Crippen LogP contribution in [0.4, 0.5) is 5.69 Å². The zero-order valence-electron chi connectivity index (χ0n) is 8.46. The molecule has 1 aromatic rings. The van der Waals surface area contributed by atoms with E-state index < -0.39 is 0 Å². The molecule has 3 nitrogen and oxygen atoms in total. The summed E-state index contributed by atoms with van der Waals surface area (Å²) in [7, 11) is 0. The van der Waals surface area contributed by atoms with Gasteiger partial charge in [-0.2, -0.15) is 0 Å². The zero-order chi connectivity index (χ0) is 11.0. The molecule has 1 aliphatic rings. The number of benzene rings is 1. The van der Waals surface area contributed by atoms with E-state index in [4.69, 9.17) is 5.73 Å². The van der Waals surface area contributed by atoms with Gasteiger partial charge in [0, 0.05) is 11.7 Å². The number of amides is 1. The van der Waals surface area contributed by atoms with Crippen molar-refractivity contribution in [3.63, 3.8) is 0 Å². The molecule has 80 valence electrons. The van der Waals surface area contributed by atoms with E-state index in [1.54, 1.807) is 18.2 Å². The maximum Gasteiger partial charge on any atom is 0.252 e. The second kappa shape index (κ2) is 3.85. The Morgan fingerprint density at radius 3 is 2.87 bits per heavy atom. The van der Waals surface area contributed by atoms with Crippen molar-refractivity contribution in [3.05, 3.63) is 28.2 Å². The fraction of sp³-hybridized carbons (Fsp3) is 0.364. The van der Waals surface area contributed by atoms with Crippen molar-refractivity contribution in [2.45, 2.75) is 19.4 Å². The van der Waals surface area contributed by atoms with Gasteiger partial charge < -0.3 is 11.1 Å². The quantitative estimate of drug-likeness (QED) is 0.808. The fourth-order valence-electron chi connectivity index (χ4n) is 1.49. The first-order chi connectivity index (χ1) is 7.09. The molecule has 0 radical (unpaired) electrons. The number of anilines is 1. The first kappa shape index (κ1) is 10.5. The summed E-state index contributed by atoms with van der Waals surface area (Å²) in [6.07, 6.45) is 1.08. The Balaban J connectivity index is 2.14. The third kappa shape index (κ3) is 2.15. The minimum atomic E-state index is -0.0523. The highest BCUT2D eigenvalue weighted by molar-refractivity contribution is 9.10. The van der Waals surface area contributed by atoms with Crippen molar-refractivity contribution in [2.24, 2.45) is 5.92 Å². The predicted molar refractivity (Wildman–Crippen MR) is 63.6 cm³/mol. The summed E-state index contributed by atoms with van der Waals surface area (Å²) >= 11 is 3.32. The van der Waals surface area contributed by atoms with E-state index in [0.717, 1.165) is 6.42 Å². The number of hydrogen-bond acceptors (Lipinski definition) is 2. The summed E-state index contributed by atoms with van der Waals surface area (Å²) in [5, 5.41) is 2.96. The van der Waals surface area contributed by atoms with Gasteiger partial charge in [-0.25, -0.2) is 0 Å². The molecule has 1 fully saturated rings. The molecule has 2 atom stereocenters. The van der Waals surface area contributed by atoms with Crippen LogP contribution in [0.15, 0.2) is 22.7 Å². The van der Waals surface area contributed by atoms with E-state index in [0.29, 0.717) is 27.7 Å². The van der Waals surface area contributed by atoms with Crippen molar-refractivity contribution in [3.8, 4) is 0 Å². The SMILES string of the molecule is CC1CC1NC(=O)c1cccc(N)c1Br. The summed E-state index contributed by atoms with van der Waals surface area (Å²) in [5.74, 6) is 0.553. The molecule has 4 heteroatoms. The molecule has 0 spiro atoms. The largest absolute Gasteiger partial charge is 0.398 e. The molecule has 2 unspecified atom stereocenters. The highest BCUT2D eigenvalue weighted by atomic mass is 79.9. The number of hydrogen-bond donors (Lipinski definition) is 2. The van der Waals surface area contributed by atoms with Gasteiger partial charge in [-0.15, -0.1) is 0 Å². The average Bonchev–Trinajstić information content (AvgIpc) is 2.86. The summed E-state index contributed by atoms with van der Waals surface area (Å²) in [4.78, 5) is 11.8. The van der Waals surface area contributed by atoms with Gasteiger partial charge in [-0.1, -0.05) is 13.0 Å². The van der Waals surface area contributed by atoms with Crippen molar-refractivity contribution in [2.75, 3.05) is 5.73 Å². The highest BCUT2D eigenvalue weighted by Crippen LogP contribution is 2.30. The van der Waals surface area contributed by atoms with Crippen LogP contribution in [0.1, 0.15) is 23.7 Å². The van der Waals surface area contributed by atoms with Gasteiger partial charge in [-0.05, 0) is 40.4 Å². The Hall–Kier alpha value is -1.03. The minimum Gasteiger partial charge on any atom is -0.398 e. The molecule has 2 rings (SSSR count). The van der Waals surface area contributed by atoms with Gasteiger partial charge in [-0.3, -0.25) is 4.79 Å². The number of carbonyl (C=O) groups excluding carboxylic acids is 1. The molecule has 3 N–H and O–H groups in total. The van der Waals surface area contributed by atoms with Crippen LogP contribution < -0.4 is 11.1 Å². The monoisotopic (exact) mass is 268 g/mol. The molecular formula is C11H13BrN2O. The van der Waals surface area contributed by atoms with Crippen LogP contribution in [0, 0.1) is 5.92 Å². The lowest BCUT2D eigenvalue weighted by atomic mass is 10.2. The van der Waals surface area contributed by atoms with Gasteiger partial charge in [0.25, 0.3) is 5.91 Å². The van der Waals surface area contributed by atoms with Gasteiger partial charge in [0.2, 0.25) is 0 Å². The molecule has 15 heavy (non-hydrogen) atoms. The number of nitrogens with two attached hydrogens (primary N) is 1. The summed E-state index contributed by atoms with van der Waals surface area (Å²) in [5.41, 5.74) is 6.90. The number of carbonyl (C=O) groups is 1. The van der Waals surface area contributed by atoms with Crippen molar-refractivity contribution >= 4 is 27.5 Å². The summed E-state index contributed by atoms with van der Waals surface area (Å²) < 4.78 is 0.677.